The molecule has 4 heteroatoms. The van der Waals surface area contributed by atoms with Crippen LogP contribution in [-0.4, -0.2) is 4.68 Å². The Morgan fingerprint density at radius 2 is 1.73 bits per heavy atom. The average Bonchev–Trinajstić information content (AvgIpc) is 3.22. The molecule has 0 saturated carbocycles. The van der Waals surface area contributed by atoms with E-state index in [1.54, 1.807) is 6.07 Å². The summed E-state index contributed by atoms with van der Waals surface area (Å²) in [6.07, 6.45) is 2.03. The maximum Gasteiger partial charge on any atom is 0.207 e. The van der Waals surface area contributed by atoms with Crippen LogP contribution in [0.2, 0.25) is 0 Å². The second-order valence-electron chi connectivity index (χ2n) is 6.37. The highest BCUT2D eigenvalue weighted by Crippen LogP contribution is 2.36. The van der Waals surface area contributed by atoms with Crippen molar-refractivity contribution in [2.24, 2.45) is 0 Å². The number of nitrogens with zero attached hydrogens (tertiary/aromatic N) is 4. The van der Waals surface area contributed by atoms with Crippen LogP contribution in [0.5, 0.6) is 0 Å². The van der Waals surface area contributed by atoms with Gasteiger partial charge in [0.1, 0.15) is 11.2 Å². The molecule has 0 spiro atoms. The number of benzene rings is 3. The average molecular weight is 333 g/mol. The van der Waals surface area contributed by atoms with Crippen molar-refractivity contribution < 1.29 is 4.68 Å². The second-order valence-corrected chi connectivity index (χ2v) is 6.37. The summed E-state index contributed by atoms with van der Waals surface area (Å²) in [5, 5.41) is 0.933. The number of hydrogen-bond acceptors (Lipinski definition) is 0. The van der Waals surface area contributed by atoms with Gasteiger partial charge in [0.15, 0.2) is 12.2 Å². The van der Waals surface area contributed by atoms with E-state index in [-0.39, 0.29) is 0 Å². The minimum Gasteiger partial charge on any atom is -0.239 e. The van der Waals surface area contributed by atoms with Gasteiger partial charge < -0.3 is 0 Å². The zero-order valence-corrected chi connectivity index (χ0v) is 13.8. The van der Waals surface area contributed by atoms with Crippen LogP contribution in [0.1, 0.15) is 5.56 Å². The second kappa shape index (κ2) is 5.31. The van der Waals surface area contributed by atoms with Crippen LogP contribution in [0.4, 0.5) is 11.4 Å². The van der Waals surface area contributed by atoms with Crippen molar-refractivity contribution in [3.05, 3.63) is 95.3 Å². The lowest BCUT2D eigenvalue weighted by Gasteiger charge is -2.04. The van der Waals surface area contributed by atoms with Gasteiger partial charge in [-0.3, -0.25) is 0 Å². The van der Waals surface area contributed by atoms with E-state index in [0.29, 0.717) is 11.4 Å². The summed E-state index contributed by atoms with van der Waals surface area (Å²) < 4.78 is 4.22. The van der Waals surface area contributed by atoms with E-state index >= 15 is 0 Å². The van der Waals surface area contributed by atoms with Crippen molar-refractivity contribution in [1.29, 1.82) is 0 Å². The molecule has 1 aliphatic rings. The fourth-order valence-electron chi connectivity index (χ4n) is 3.73. The van der Waals surface area contributed by atoms with Gasteiger partial charge in [-0.05, 0) is 35.4 Å². The maximum atomic E-state index is 7.53. The third-order valence-electron chi connectivity index (χ3n) is 4.86. The Balaban J connectivity index is 1.72. The van der Waals surface area contributed by atoms with E-state index in [0.717, 1.165) is 23.1 Å². The molecule has 1 aromatic heterocycles. The predicted octanol–water partition coefficient (Wildman–Crippen LogP) is 5.05. The molecule has 0 atom stereocenters. The lowest BCUT2D eigenvalue weighted by Crippen LogP contribution is -2.36. The van der Waals surface area contributed by atoms with Crippen molar-refractivity contribution in [2.45, 2.75) is 6.54 Å². The Morgan fingerprint density at radius 1 is 0.885 bits per heavy atom. The normalized spacial score (nSPS) is 11.6. The number of aromatic nitrogens is 2. The molecule has 3 aromatic carbocycles. The summed E-state index contributed by atoms with van der Waals surface area (Å²) in [7, 11) is 0. The Kier molecular flexibility index (Phi) is 2.95. The molecule has 0 bridgehead atoms. The van der Waals surface area contributed by atoms with Gasteiger partial charge in [0.05, 0.1) is 13.1 Å². The SMILES string of the molecule is [C-]#[N+]c1cc([N+]#[C-])c2c(c1)c[n+]1n2-c2ccc(-c3ccccc3)cc2C1. The van der Waals surface area contributed by atoms with Gasteiger partial charge >= 0.3 is 0 Å². The van der Waals surface area contributed by atoms with E-state index in [9.17, 15) is 0 Å². The molecule has 4 nitrogen and oxygen atoms in total. The van der Waals surface area contributed by atoms with Crippen molar-refractivity contribution >= 4 is 22.3 Å². The van der Waals surface area contributed by atoms with Gasteiger partial charge in [0, 0.05) is 10.9 Å². The van der Waals surface area contributed by atoms with Crippen LogP contribution in [-0.2, 0) is 6.54 Å². The quantitative estimate of drug-likeness (QED) is 0.302. The minimum absolute atomic E-state index is 0.507. The summed E-state index contributed by atoms with van der Waals surface area (Å²) in [5.41, 5.74) is 6.63. The van der Waals surface area contributed by atoms with E-state index in [1.165, 1.54) is 16.7 Å². The van der Waals surface area contributed by atoms with Crippen LogP contribution in [0.3, 0.4) is 0 Å². The van der Waals surface area contributed by atoms with Crippen LogP contribution in [0.25, 0.3) is 37.4 Å². The van der Waals surface area contributed by atoms with Gasteiger partial charge in [0.2, 0.25) is 11.9 Å². The van der Waals surface area contributed by atoms with E-state index < -0.39 is 0 Å². The molecule has 4 aromatic rings. The van der Waals surface area contributed by atoms with Crippen molar-refractivity contribution in [1.82, 2.24) is 4.68 Å². The zero-order valence-electron chi connectivity index (χ0n) is 13.8. The first kappa shape index (κ1) is 14.5. The standard InChI is InChI=1S/C22H13N4/c1-23-19-11-18-14-25-13-17-10-16(15-6-4-3-5-7-15)8-9-21(17)26(25)22(18)20(12-19)24-2/h3-12,14H,13H2/q+1. The summed E-state index contributed by atoms with van der Waals surface area (Å²) in [6.45, 7) is 15.5. The van der Waals surface area contributed by atoms with Gasteiger partial charge in [-0.15, -0.1) is 9.36 Å². The first-order chi connectivity index (χ1) is 12.8. The first-order valence-electron chi connectivity index (χ1n) is 8.31. The number of hydrogen-bond donors (Lipinski definition) is 0. The molecule has 2 heterocycles. The molecular weight excluding hydrogens is 320 g/mol. The van der Waals surface area contributed by atoms with Crippen LogP contribution < -0.4 is 4.68 Å². The first-order valence-corrected chi connectivity index (χ1v) is 8.31. The Bertz CT molecular complexity index is 1270. The summed E-state index contributed by atoms with van der Waals surface area (Å²) >= 11 is 0. The molecule has 0 unspecified atom stereocenters. The highest BCUT2D eigenvalue weighted by atomic mass is 15.4. The van der Waals surface area contributed by atoms with E-state index in [1.807, 2.05) is 30.5 Å². The highest BCUT2D eigenvalue weighted by Gasteiger charge is 2.29. The molecule has 0 saturated heterocycles. The molecule has 1 aliphatic heterocycles. The molecule has 0 aliphatic carbocycles. The number of rotatable bonds is 1. The Hall–Kier alpha value is -3.89. The van der Waals surface area contributed by atoms with E-state index in [4.69, 9.17) is 13.1 Å². The third kappa shape index (κ3) is 1.97. The largest absolute Gasteiger partial charge is 0.239 e. The summed E-state index contributed by atoms with van der Waals surface area (Å²) in [6, 6.07) is 20.3. The topological polar surface area (TPSA) is 17.5 Å². The zero-order chi connectivity index (χ0) is 17.7. The Labute approximate surface area is 150 Å². The summed E-state index contributed by atoms with van der Waals surface area (Å²) in [5.74, 6) is 0. The Morgan fingerprint density at radius 3 is 2.50 bits per heavy atom. The van der Waals surface area contributed by atoms with Crippen molar-refractivity contribution in [3.63, 3.8) is 0 Å². The van der Waals surface area contributed by atoms with Crippen LogP contribution >= 0.6 is 0 Å². The maximum absolute atomic E-state index is 7.53. The van der Waals surface area contributed by atoms with Crippen molar-refractivity contribution in [3.8, 4) is 16.8 Å². The monoisotopic (exact) mass is 333 g/mol. The van der Waals surface area contributed by atoms with Crippen LogP contribution in [0, 0.1) is 13.1 Å². The number of fused-ring (bicyclic) bond motifs is 5. The molecule has 0 fully saturated rings. The predicted molar refractivity (Wildman–Crippen MR) is 101 cm³/mol. The molecular formula is C22H13N4+. The lowest BCUT2D eigenvalue weighted by molar-refractivity contribution is -0.749. The molecule has 120 valence electrons. The fourth-order valence-corrected chi connectivity index (χ4v) is 3.73. The molecule has 0 radical (unpaired) electrons. The minimum atomic E-state index is 0.507. The van der Waals surface area contributed by atoms with Gasteiger partial charge in [0.25, 0.3) is 0 Å². The van der Waals surface area contributed by atoms with Crippen LogP contribution in [0.15, 0.2) is 66.9 Å². The third-order valence-corrected chi connectivity index (χ3v) is 4.86. The molecule has 26 heavy (non-hydrogen) atoms. The molecule has 5 rings (SSSR count). The fraction of sp³-hybridized carbons (Fsp3) is 0.0455. The smallest absolute Gasteiger partial charge is 0.207 e. The van der Waals surface area contributed by atoms with Gasteiger partial charge in [-0.1, -0.05) is 36.4 Å². The lowest BCUT2D eigenvalue weighted by atomic mass is 10.0. The molecule has 0 amide bonds. The molecule has 0 N–H and O–H groups in total. The van der Waals surface area contributed by atoms with Gasteiger partial charge in [-0.2, -0.15) is 0 Å². The van der Waals surface area contributed by atoms with E-state index in [2.05, 4.69) is 49.4 Å². The van der Waals surface area contributed by atoms with Crippen molar-refractivity contribution in [2.75, 3.05) is 0 Å². The summed E-state index contributed by atoms with van der Waals surface area (Å²) in [4.78, 5) is 7.16. The van der Waals surface area contributed by atoms with Gasteiger partial charge in [-0.25, -0.2) is 9.69 Å². The highest BCUT2D eigenvalue weighted by molar-refractivity contribution is 5.95.